The highest BCUT2D eigenvalue weighted by Crippen LogP contribution is 2.14. The molecule has 0 aliphatic heterocycles. The van der Waals surface area contributed by atoms with Gasteiger partial charge in [0.1, 0.15) is 5.75 Å². The van der Waals surface area contributed by atoms with E-state index in [-0.39, 0.29) is 6.61 Å². The summed E-state index contributed by atoms with van der Waals surface area (Å²) in [6.07, 6.45) is 3.79. The van der Waals surface area contributed by atoms with Crippen LogP contribution in [0.2, 0.25) is 0 Å². The summed E-state index contributed by atoms with van der Waals surface area (Å²) in [4.78, 5) is 10.6. The lowest BCUT2D eigenvalue weighted by atomic mass is 10.2. The summed E-state index contributed by atoms with van der Waals surface area (Å²) >= 11 is 0. The number of anilines is 1. The molecule has 21 heavy (non-hydrogen) atoms. The van der Waals surface area contributed by atoms with Gasteiger partial charge in [-0.3, -0.25) is 9.48 Å². The number of nitrogens with two attached hydrogens (primary N) is 1. The smallest absolute Gasteiger partial charge is 0.255 e. The maximum absolute atomic E-state index is 10.6. The standard InChI is InChI=1S/C15H20N4O2/c1-11(2)19-9-13(8-18-19)17-7-12-3-5-14(6-4-12)21-10-15(16)20/h3-6,8-9,11,17H,7,10H2,1-2H3,(H2,16,20). The maximum atomic E-state index is 10.6. The minimum absolute atomic E-state index is 0.105. The molecule has 0 radical (unpaired) electrons. The van der Waals surface area contributed by atoms with Gasteiger partial charge >= 0.3 is 0 Å². The van der Waals surface area contributed by atoms with Crippen LogP contribution in [-0.4, -0.2) is 22.3 Å². The van der Waals surface area contributed by atoms with E-state index in [0.717, 1.165) is 11.3 Å². The Labute approximate surface area is 123 Å². The third kappa shape index (κ3) is 4.52. The molecule has 0 spiro atoms. The Morgan fingerprint density at radius 2 is 2.10 bits per heavy atom. The van der Waals surface area contributed by atoms with Crippen LogP contribution in [0.5, 0.6) is 5.75 Å². The van der Waals surface area contributed by atoms with Crippen molar-refractivity contribution in [2.45, 2.75) is 26.4 Å². The first-order valence-electron chi connectivity index (χ1n) is 6.82. The van der Waals surface area contributed by atoms with Crippen molar-refractivity contribution >= 4 is 11.6 Å². The third-order valence-electron chi connectivity index (χ3n) is 2.93. The zero-order valence-corrected chi connectivity index (χ0v) is 12.2. The van der Waals surface area contributed by atoms with Gasteiger partial charge in [-0.2, -0.15) is 5.10 Å². The summed E-state index contributed by atoms with van der Waals surface area (Å²) in [5, 5.41) is 7.58. The fourth-order valence-corrected chi connectivity index (χ4v) is 1.77. The molecule has 1 amide bonds. The summed E-state index contributed by atoms with van der Waals surface area (Å²) in [6.45, 7) is 4.76. The molecule has 2 rings (SSSR count). The van der Waals surface area contributed by atoms with E-state index in [1.54, 1.807) is 0 Å². The van der Waals surface area contributed by atoms with Crippen molar-refractivity contribution in [1.82, 2.24) is 9.78 Å². The average Bonchev–Trinajstić information content (AvgIpc) is 2.93. The van der Waals surface area contributed by atoms with E-state index in [1.807, 2.05) is 41.3 Å². The van der Waals surface area contributed by atoms with Gasteiger partial charge < -0.3 is 15.8 Å². The minimum atomic E-state index is -0.483. The predicted octanol–water partition coefficient (Wildman–Crippen LogP) is 1.94. The molecule has 1 heterocycles. The average molecular weight is 288 g/mol. The second kappa shape index (κ2) is 6.78. The van der Waals surface area contributed by atoms with Crippen LogP contribution in [-0.2, 0) is 11.3 Å². The van der Waals surface area contributed by atoms with Gasteiger partial charge in [-0.05, 0) is 31.5 Å². The highest BCUT2D eigenvalue weighted by Gasteiger charge is 2.02. The van der Waals surface area contributed by atoms with Crippen molar-refractivity contribution in [3.8, 4) is 5.75 Å². The van der Waals surface area contributed by atoms with Gasteiger partial charge in [0.2, 0.25) is 0 Å². The monoisotopic (exact) mass is 288 g/mol. The van der Waals surface area contributed by atoms with Crippen molar-refractivity contribution in [1.29, 1.82) is 0 Å². The Kier molecular flexibility index (Phi) is 4.81. The summed E-state index contributed by atoms with van der Waals surface area (Å²) in [6, 6.07) is 7.86. The van der Waals surface area contributed by atoms with Gasteiger partial charge in [-0.1, -0.05) is 12.1 Å². The van der Waals surface area contributed by atoms with Gasteiger partial charge in [-0.15, -0.1) is 0 Å². The molecule has 0 fully saturated rings. The quantitative estimate of drug-likeness (QED) is 0.815. The number of aromatic nitrogens is 2. The first-order chi connectivity index (χ1) is 10.0. The van der Waals surface area contributed by atoms with Crippen LogP contribution < -0.4 is 15.8 Å². The van der Waals surface area contributed by atoms with Crippen molar-refractivity contribution in [2.24, 2.45) is 5.73 Å². The fourth-order valence-electron chi connectivity index (χ4n) is 1.77. The lowest BCUT2D eigenvalue weighted by molar-refractivity contribution is -0.119. The number of ether oxygens (including phenoxy) is 1. The lowest BCUT2D eigenvalue weighted by Crippen LogP contribution is -2.19. The Morgan fingerprint density at radius 1 is 1.38 bits per heavy atom. The Hall–Kier alpha value is -2.50. The molecule has 0 unspecified atom stereocenters. The number of primary amides is 1. The van der Waals surface area contributed by atoms with E-state index in [1.165, 1.54) is 0 Å². The second-order valence-corrected chi connectivity index (χ2v) is 5.06. The molecule has 2 aromatic rings. The molecule has 112 valence electrons. The molecule has 1 aromatic heterocycles. The molecule has 0 atom stereocenters. The molecule has 0 aliphatic rings. The van der Waals surface area contributed by atoms with Crippen molar-refractivity contribution in [3.63, 3.8) is 0 Å². The zero-order chi connectivity index (χ0) is 15.2. The molecule has 0 saturated heterocycles. The molecule has 0 aliphatic carbocycles. The summed E-state index contributed by atoms with van der Waals surface area (Å²) in [5.74, 6) is 0.146. The molecule has 6 nitrogen and oxygen atoms in total. The number of hydrogen-bond donors (Lipinski definition) is 2. The molecule has 1 aromatic carbocycles. The van der Waals surface area contributed by atoms with Crippen LogP contribution in [0.25, 0.3) is 0 Å². The van der Waals surface area contributed by atoms with E-state index in [0.29, 0.717) is 18.3 Å². The Bertz CT molecular complexity index is 590. The van der Waals surface area contributed by atoms with E-state index in [2.05, 4.69) is 24.3 Å². The molecule has 0 bridgehead atoms. The predicted molar refractivity (Wildman–Crippen MR) is 81.1 cm³/mol. The number of carbonyl (C=O) groups is 1. The highest BCUT2D eigenvalue weighted by atomic mass is 16.5. The summed E-state index contributed by atoms with van der Waals surface area (Å²) in [5.41, 5.74) is 7.12. The molecule has 0 saturated carbocycles. The van der Waals surface area contributed by atoms with Gasteiger partial charge in [-0.25, -0.2) is 0 Å². The third-order valence-corrected chi connectivity index (χ3v) is 2.93. The van der Waals surface area contributed by atoms with E-state index in [4.69, 9.17) is 10.5 Å². The van der Waals surface area contributed by atoms with Crippen LogP contribution in [0.1, 0.15) is 25.5 Å². The lowest BCUT2D eigenvalue weighted by Gasteiger charge is -2.07. The van der Waals surface area contributed by atoms with E-state index in [9.17, 15) is 4.79 Å². The number of nitrogens with zero attached hydrogens (tertiary/aromatic N) is 2. The largest absolute Gasteiger partial charge is 0.484 e. The normalized spacial score (nSPS) is 10.6. The summed E-state index contributed by atoms with van der Waals surface area (Å²) < 4.78 is 7.11. The Balaban J connectivity index is 1.86. The van der Waals surface area contributed by atoms with Gasteiger partial charge in [0.25, 0.3) is 5.91 Å². The van der Waals surface area contributed by atoms with Crippen molar-refractivity contribution in [2.75, 3.05) is 11.9 Å². The number of amides is 1. The number of benzene rings is 1. The number of carbonyl (C=O) groups excluding carboxylic acids is 1. The molecule has 6 heteroatoms. The van der Waals surface area contributed by atoms with Crippen LogP contribution in [0.3, 0.4) is 0 Å². The maximum Gasteiger partial charge on any atom is 0.255 e. The van der Waals surface area contributed by atoms with Gasteiger partial charge in [0.05, 0.1) is 11.9 Å². The fraction of sp³-hybridized carbons (Fsp3) is 0.333. The first kappa shape index (κ1) is 14.9. The van der Waals surface area contributed by atoms with E-state index < -0.39 is 5.91 Å². The van der Waals surface area contributed by atoms with Gasteiger partial charge in [0, 0.05) is 18.8 Å². The van der Waals surface area contributed by atoms with Gasteiger partial charge in [0.15, 0.2) is 6.61 Å². The molecule has 3 N–H and O–H groups in total. The molecular formula is C15H20N4O2. The number of rotatable bonds is 7. The van der Waals surface area contributed by atoms with E-state index >= 15 is 0 Å². The van der Waals surface area contributed by atoms with Crippen LogP contribution in [0.15, 0.2) is 36.7 Å². The van der Waals surface area contributed by atoms with Crippen molar-refractivity contribution in [3.05, 3.63) is 42.2 Å². The summed E-state index contributed by atoms with van der Waals surface area (Å²) in [7, 11) is 0. The minimum Gasteiger partial charge on any atom is -0.484 e. The number of hydrogen-bond acceptors (Lipinski definition) is 4. The zero-order valence-electron chi connectivity index (χ0n) is 12.2. The number of nitrogens with one attached hydrogen (secondary N) is 1. The topological polar surface area (TPSA) is 82.2 Å². The van der Waals surface area contributed by atoms with Crippen molar-refractivity contribution < 1.29 is 9.53 Å². The molecular weight excluding hydrogens is 268 g/mol. The first-order valence-corrected chi connectivity index (χ1v) is 6.82. The highest BCUT2D eigenvalue weighted by molar-refractivity contribution is 5.75. The second-order valence-electron chi connectivity index (χ2n) is 5.06. The Morgan fingerprint density at radius 3 is 2.67 bits per heavy atom. The van der Waals surface area contributed by atoms with Crippen LogP contribution >= 0.6 is 0 Å². The SMILES string of the molecule is CC(C)n1cc(NCc2ccc(OCC(N)=O)cc2)cn1. The van der Waals surface area contributed by atoms with Crippen LogP contribution in [0, 0.1) is 0 Å². The van der Waals surface area contributed by atoms with Crippen LogP contribution in [0.4, 0.5) is 5.69 Å².